The Morgan fingerprint density at radius 1 is 0.614 bits per heavy atom. The fourth-order valence-electron chi connectivity index (χ4n) is 8.51. The third-order valence-corrected chi connectivity index (χ3v) is 13.6. The van der Waals surface area contributed by atoms with Crippen molar-refractivity contribution in [2.45, 2.75) is 130 Å². The van der Waals surface area contributed by atoms with Crippen molar-refractivity contribution in [1.29, 1.82) is 0 Å². The van der Waals surface area contributed by atoms with Crippen LogP contribution in [0.3, 0.4) is 0 Å². The zero-order valence-corrected chi connectivity index (χ0v) is 37.3. The normalized spacial score (nSPS) is 16.6. The largest absolute Gasteiger partial charge is 0.385 e. The highest BCUT2D eigenvalue weighted by Gasteiger charge is 2.34. The second-order valence-corrected chi connectivity index (χ2v) is 16.6. The summed E-state index contributed by atoms with van der Waals surface area (Å²) >= 11 is 0. The molecule has 3 aromatic carbocycles. The van der Waals surface area contributed by atoms with Crippen LogP contribution in [-0.2, 0) is 6.54 Å². The highest BCUT2D eigenvalue weighted by Crippen LogP contribution is 2.36. The molecule has 0 atom stereocenters. The lowest BCUT2D eigenvalue weighted by molar-refractivity contribution is 0.793. The van der Waals surface area contributed by atoms with Gasteiger partial charge in [0.1, 0.15) is 24.2 Å². The van der Waals surface area contributed by atoms with Crippen molar-refractivity contribution in [3.63, 3.8) is 0 Å². The van der Waals surface area contributed by atoms with Crippen molar-refractivity contribution >= 4 is 29.2 Å². The number of hydrogen-bond acceptors (Lipinski definition) is 6. The fraction of sp³-hybridized carbons (Fsp3) is 0.408. The van der Waals surface area contributed by atoms with Crippen LogP contribution in [0, 0.1) is 83.1 Å². The SMILES string of the molecule is C=C(C)/C(C/C(C)=C(/C)CC)=C(\N)NC/N=C1\N=C(NC2=NC(=NC3=NCc4c(C)c(C)c(C)c(C)c43)c3c(C)c(C)c(C)c(C)c32)c2c(C)c(C)c(C)c(C)c21. The van der Waals surface area contributed by atoms with E-state index in [4.69, 9.17) is 30.7 Å². The lowest BCUT2D eigenvalue weighted by Gasteiger charge is -2.19. The summed E-state index contributed by atoms with van der Waals surface area (Å²) in [6.45, 7) is 39.9. The van der Waals surface area contributed by atoms with Crippen molar-refractivity contribution in [1.82, 2.24) is 10.6 Å². The molecular formula is C49H62N8. The first-order chi connectivity index (χ1) is 26.8. The standard InChI is InChI=1S/C49H62N8/c1-18-23(4)24(5)19-37(22(2)3)44(50)52-21-53-46-40-33(14)27(8)28(9)34(15)41(40)47(55-46)56-49-43-36(17)30(11)29(10)35(16)42(43)48(57-49)54-45-39-32(13)26(7)25(6)31(12)38(39)20-51-45/h52H,2,18-21,50H2,1,3-17H3,(H,51,53,54,55,56,57)/b24-23-,44-37+. The molecule has 0 aromatic heterocycles. The van der Waals surface area contributed by atoms with Gasteiger partial charge < -0.3 is 16.4 Å². The molecule has 0 aliphatic carbocycles. The first-order valence-corrected chi connectivity index (χ1v) is 20.3. The zero-order valence-electron chi connectivity index (χ0n) is 37.3. The van der Waals surface area contributed by atoms with Gasteiger partial charge in [0.05, 0.1) is 6.54 Å². The van der Waals surface area contributed by atoms with Crippen LogP contribution in [0.15, 0.2) is 59.7 Å². The van der Waals surface area contributed by atoms with Gasteiger partial charge in [0.25, 0.3) is 0 Å². The summed E-state index contributed by atoms with van der Waals surface area (Å²) < 4.78 is 0. The maximum atomic E-state index is 6.68. The van der Waals surface area contributed by atoms with Gasteiger partial charge in [0, 0.05) is 27.8 Å². The highest BCUT2D eigenvalue weighted by atomic mass is 15.2. The van der Waals surface area contributed by atoms with Gasteiger partial charge in [-0.3, -0.25) is 4.99 Å². The summed E-state index contributed by atoms with van der Waals surface area (Å²) in [6.07, 6.45) is 1.76. The number of nitrogens with one attached hydrogen (secondary N) is 2. The number of fused-ring (bicyclic) bond motifs is 3. The summed E-state index contributed by atoms with van der Waals surface area (Å²) in [6, 6.07) is 0. The molecule has 0 saturated heterocycles. The number of nitrogens with two attached hydrogens (primary N) is 1. The average molecular weight is 763 g/mol. The van der Waals surface area contributed by atoms with Gasteiger partial charge in [0.2, 0.25) is 0 Å². The van der Waals surface area contributed by atoms with Gasteiger partial charge in [-0.2, -0.15) is 0 Å². The Bertz CT molecular complexity index is 2530. The number of hydrogen-bond donors (Lipinski definition) is 3. The maximum absolute atomic E-state index is 6.68. The van der Waals surface area contributed by atoms with Crippen molar-refractivity contribution in [3.8, 4) is 0 Å². The molecular weight excluding hydrogens is 701 g/mol. The molecule has 0 radical (unpaired) electrons. The van der Waals surface area contributed by atoms with E-state index in [0.717, 1.165) is 74.9 Å². The molecule has 0 amide bonds. The number of allylic oxidation sites excluding steroid dienone is 4. The van der Waals surface area contributed by atoms with Crippen molar-refractivity contribution < 1.29 is 0 Å². The van der Waals surface area contributed by atoms with Crippen LogP contribution in [0.25, 0.3) is 0 Å². The van der Waals surface area contributed by atoms with E-state index in [9.17, 15) is 0 Å². The molecule has 3 heterocycles. The van der Waals surface area contributed by atoms with Crippen LogP contribution in [0.2, 0.25) is 0 Å². The van der Waals surface area contributed by atoms with Crippen LogP contribution < -0.4 is 16.4 Å². The van der Waals surface area contributed by atoms with Crippen molar-refractivity contribution in [2.24, 2.45) is 30.7 Å². The van der Waals surface area contributed by atoms with Gasteiger partial charge in [0.15, 0.2) is 17.5 Å². The Labute approximate surface area is 341 Å². The van der Waals surface area contributed by atoms with Crippen LogP contribution in [0.1, 0.15) is 141 Å². The first-order valence-electron chi connectivity index (χ1n) is 20.3. The number of nitrogens with zero attached hydrogens (tertiary/aromatic N) is 5. The summed E-state index contributed by atoms with van der Waals surface area (Å²) in [5.74, 6) is 4.17. The summed E-state index contributed by atoms with van der Waals surface area (Å²) in [7, 11) is 0. The molecule has 6 rings (SSSR count). The van der Waals surface area contributed by atoms with Crippen LogP contribution >= 0.6 is 0 Å². The van der Waals surface area contributed by atoms with Gasteiger partial charge in [-0.05, 0) is 195 Å². The van der Waals surface area contributed by atoms with E-state index >= 15 is 0 Å². The van der Waals surface area contributed by atoms with E-state index in [1.165, 1.54) is 77.9 Å². The molecule has 298 valence electrons. The molecule has 0 fully saturated rings. The minimum atomic E-state index is 0.272. The Balaban J connectivity index is 1.45. The van der Waals surface area contributed by atoms with E-state index in [0.29, 0.717) is 24.0 Å². The monoisotopic (exact) mass is 763 g/mol. The van der Waals surface area contributed by atoms with Crippen LogP contribution in [-0.4, -0.2) is 35.8 Å². The summed E-state index contributed by atoms with van der Waals surface area (Å²) in [4.78, 5) is 25.9. The maximum Gasteiger partial charge on any atom is 0.165 e. The smallest absolute Gasteiger partial charge is 0.165 e. The Hall–Kier alpha value is -5.37. The third-order valence-electron chi connectivity index (χ3n) is 13.6. The van der Waals surface area contributed by atoms with Gasteiger partial charge in [-0.15, -0.1) is 0 Å². The Morgan fingerprint density at radius 2 is 1.07 bits per heavy atom. The molecule has 8 heteroatoms. The minimum Gasteiger partial charge on any atom is -0.385 e. The first kappa shape index (κ1) is 41.3. The van der Waals surface area contributed by atoms with Crippen molar-refractivity contribution in [2.75, 3.05) is 6.67 Å². The second kappa shape index (κ2) is 15.5. The van der Waals surface area contributed by atoms with Crippen LogP contribution in [0.4, 0.5) is 0 Å². The summed E-state index contributed by atoms with van der Waals surface area (Å²) in [5.41, 5.74) is 32.8. The predicted octanol–water partition coefficient (Wildman–Crippen LogP) is 10.1. The minimum absolute atomic E-state index is 0.272. The third kappa shape index (κ3) is 6.91. The lowest BCUT2D eigenvalue weighted by atomic mass is 9.88. The molecule has 57 heavy (non-hydrogen) atoms. The van der Waals surface area contributed by atoms with E-state index in [-0.39, 0.29) is 6.67 Å². The molecule has 3 aliphatic heterocycles. The predicted molar refractivity (Wildman–Crippen MR) is 243 cm³/mol. The molecule has 4 N–H and O–H groups in total. The van der Waals surface area contributed by atoms with Gasteiger partial charge in [-0.1, -0.05) is 30.2 Å². The molecule has 0 saturated carbocycles. The number of benzene rings is 3. The topological polar surface area (TPSA) is 112 Å². The lowest BCUT2D eigenvalue weighted by Crippen LogP contribution is -2.32. The molecule has 3 aliphatic rings. The zero-order chi connectivity index (χ0) is 41.9. The average Bonchev–Trinajstić information content (AvgIpc) is 3.88. The van der Waals surface area contributed by atoms with E-state index in [2.05, 4.69) is 121 Å². The number of rotatable bonds is 7. The summed E-state index contributed by atoms with van der Waals surface area (Å²) in [5, 5.41) is 7.14. The molecule has 0 unspecified atom stereocenters. The number of amidine groups is 5. The Kier molecular flexibility index (Phi) is 11.2. The van der Waals surface area contributed by atoms with Gasteiger partial charge >= 0.3 is 0 Å². The van der Waals surface area contributed by atoms with Crippen LogP contribution in [0.5, 0.6) is 0 Å². The van der Waals surface area contributed by atoms with E-state index in [1.54, 1.807) is 0 Å². The number of aliphatic imine (C=N–C) groups is 5. The fourth-order valence-corrected chi connectivity index (χ4v) is 8.51. The van der Waals surface area contributed by atoms with Gasteiger partial charge in [-0.25, -0.2) is 20.0 Å². The van der Waals surface area contributed by atoms with E-state index in [1.807, 2.05) is 6.92 Å². The molecule has 8 nitrogen and oxygen atoms in total. The quantitative estimate of drug-likeness (QED) is 0.165. The molecule has 0 bridgehead atoms. The van der Waals surface area contributed by atoms with E-state index < -0.39 is 0 Å². The second-order valence-electron chi connectivity index (χ2n) is 16.6. The van der Waals surface area contributed by atoms with Crippen molar-refractivity contribution in [3.05, 3.63) is 135 Å². The molecule has 3 aromatic rings. The highest BCUT2D eigenvalue weighted by molar-refractivity contribution is 6.33. The Morgan fingerprint density at radius 3 is 1.58 bits per heavy atom. The molecule has 0 spiro atoms.